The molecule has 1 fully saturated rings. The molecule has 0 saturated carbocycles. The van der Waals surface area contributed by atoms with Gasteiger partial charge >= 0.3 is 0 Å². The van der Waals surface area contributed by atoms with Gasteiger partial charge in [0, 0.05) is 5.56 Å². The number of aliphatic hydroxyl groups excluding tert-OH is 1. The van der Waals surface area contributed by atoms with Crippen LogP contribution in [0.4, 0.5) is 0 Å². The Balaban J connectivity index is 1.19. The van der Waals surface area contributed by atoms with E-state index in [1.54, 1.807) is 4.90 Å². The fourth-order valence-corrected chi connectivity index (χ4v) is 4.07. The summed E-state index contributed by atoms with van der Waals surface area (Å²) >= 11 is 0. The Bertz CT molecular complexity index is 834. The van der Waals surface area contributed by atoms with Crippen LogP contribution in [0.3, 0.4) is 0 Å². The van der Waals surface area contributed by atoms with Crippen LogP contribution in [0.1, 0.15) is 16.7 Å². The number of benzene rings is 2. The van der Waals surface area contributed by atoms with E-state index in [-0.39, 0.29) is 0 Å². The summed E-state index contributed by atoms with van der Waals surface area (Å²) in [7, 11) is 0. The first-order chi connectivity index (χ1) is 14.1. The summed E-state index contributed by atoms with van der Waals surface area (Å²) in [6, 6.07) is 12.3. The van der Waals surface area contributed by atoms with Crippen molar-refractivity contribution in [3.63, 3.8) is 0 Å². The van der Waals surface area contributed by atoms with Crippen LogP contribution in [0, 0.1) is 13.8 Å². The van der Waals surface area contributed by atoms with E-state index in [0.29, 0.717) is 13.4 Å². The number of hydrogen-bond acceptors (Lipinski definition) is 4. The number of fused-ring (bicyclic) bond motifs is 1. The highest BCUT2D eigenvalue weighted by Gasteiger charge is 2.26. The first kappa shape index (κ1) is 20.0. The molecule has 29 heavy (non-hydrogen) atoms. The van der Waals surface area contributed by atoms with E-state index in [1.165, 1.54) is 21.6 Å². The maximum atomic E-state index is 10.4. The van der Waals surface area contributed by atoms with Crippen LogP contribution in [-0.4, -0.2) is 57.3 Å². The van der Waals surface area contributed by atoms with Crippen LogP contribution in [0.2, 0.25) is 0 Å². The molecule has 2 aliphatic rings. The zero-order chi connectivity index (χ0) is 20.2. The van der Waals surface area contributed by atoms with Crippen LogP contribution < -0.4 is 24.0 Å². The molecule has 0 aliphatic carbocycles. The van der Waals surface area contributed by atoms with Crippen LogP contribution in [0.5, 0.6) is 17.2 Å². The van der Waals surface area contributed by atoms with Crippen molar-refractivity contribution in [3.05, 3.63) is 53.1 Å². The van der Waals surface area contributed by atoms with Gasteiger partial charge in [-0.2, -0.15) is 0 Å². The normalized spacial score (nSPS) is 21.8. The smallest absolute Gasteiger partial charge is 0.231 e. The largest absolute Gasteiger partial charge is 0.491 e. The molecule has 0 aromatic heterocycles. The summed E-state index contributed by atoms with van der Waals surface area (Å²) in [5.74, 6) is 2.54. The Hall–Kier alpha value is -2.28. The van der Waals surface area contributed by atoms with Crippen molar-refractivity contribution < 1.29 is 29.1 Å². The maximum Gasteiger partial charge on any atom is 0.231 e. The first-order valence-electron chi connectivity index (χ1n) is 10.5. The van der Waals surface area contributed by atoms with Crippen molar-refractivity contribution in [2.75, 3.05) is 46.1 Å². The fourth-order valence-electron chi connectivity index (χ4n) is 4.07. The van der Waals surface area contributed by atoms with E-state index < -0.39 is 6.10 Å². The summed E-state index contributed by atoms with van der Waals surface area (Å²) in [6.07, 6.45) is -0.443. The number of hydrogen-bond donors (Lipinski definition) is 3. The van der Waals surface area contributed by atoms with Crippen LogP contribution in [0.25, 0.3) is 0 Å². The average molecular weight is 401 g/mol. The summed E-state index contributed by atoms with van der Waals surface area (Å²) in [5.41, 5.74) is 3.75. The van der Waals surface area contributed by atoms with Crippen molar-refractivity contribution in [3.8, 4) is 17.2 Å². The molecular formula is C23H32N2O4+2. The molecule has 156 valence electrons. The molecule has 2 aromatic carbocycles. The van der Waals surface area contributed by atoms with Gasteiger partial charge in [0.1, 0.15) is 57.7 Å². The highest BCUT2D eigenvalue weighted by Crippen LogP contribution is 2.32. The predicted molar refractivity (Wildman–Crippen MR) is 110 cm³/mol. The van der Waals surface area contributed by atoms with Gasteiger partial charge in [-0.3, -0.25) is 0 Å². The molecule has 3 N–H and O–H groups in total. The van der Waals surface area contributed by atoms with Crippen LogP contribution >= 0.6 is 0 Å². The molecule has 1 atom stereocenters. The highest BCUT2D eigenvalue weighted by atomic mass is 16.7. The third-order valence-corrected chi connectivity index (χ3v) is 6.00. The average Bonchev–Trinajstić information content (AvgIpc) is 3.18. The second-order valence-electron chi connectivity index (χ2n) is 8.28. The molecule has 2 heterocycles. The lowest BCUT2D eigenvalue weighted by Gasteiger charge is -2.30. The van der Waals surface area contributed by atoms with Gasteiger partial charge in [0.05, 0.1) is 0 Å². The minimum atomic E-state index is -0.443. The molecule has 0 bridgehead atoms. The molecule has 6 heteroatoms. The molecule has 6 nitrogen and oxygen atoms in total. The van der Waals surface area contributed by atoms with Gasteiger partial charge in [0.15, 0.2) is 11.5 Å². The minimum Gasteiger partial charge on any atom is -0.491 e. The summed E-state index contributed by atoms with van der Waals surface area (Å²) in [5, 5.41) is 10.4. The van der Waals surface area contributed by atoms with Gasteiger partial charge in [-0.15, -0.1) is 0 Å². The quantitative estimate of drug-likeness (QED) is 0.600. The van der Waals surface area contributed by atoms with E-state index in [1.807, 2.05) is 18.2 Å². The molecule has 0 unspecified atom stereocenters. The van der Waals surface area contributed by atoms with Crippen molar-refractivity contribution in [2.45, 2.75) is 26.5 Å². The van der Waals surface area contributed by atoms with E-state index >= 15 is 0 Å². The minimum absolute atomic E-state index is 0.323. The Kier molecular flexibility index (Phi) is 6.23. The zero-order valence-corrected chi connectivity index (χ0v) is 17.4. The zero-order valence-electron chi connectivity index (χ0n) is 17.4. The fraction of sp³-hybridized carbons (Fsp3) is 0.478. The molecule has 2 aliphatic heterocycles. The lowest BCUT2D eigenvalue weighted by atomic mass is 10.1. The second-order valence-corrected chi connectivity index (χ2v) is 8.28. The maximum absolute atomic E-state index is 10.4. The summed E-state index contributed by atoms with van der Waals surface area (Å²) in [6.45, 7) is 10.9. The molecule has 4 rings (SSSR count). The number of piperazine rings is 1. The van der Waals surface area contributed by atoms with Crippen LogP contribution in [-0.2, 0) is 6.54 Å². The third kappa shape index (κ3) is 5.21. The molecular weight excluding hydrogens is 368 g/mol. The number of nitrogens with one attached hydrogen (secondary N) is 2. The Morgan fingerprint density at radius 1 is 0.931 bits per heavy atom. The molecule has 2 aromatic rings. The third-order valence-electron chi connectivity index (χ3n) is 6.00. The van der Waals surface area contributed by atoms with E-state index in [2.05, 4.69) is 32.0 Å². The topological polar surface area (TPSA) is 56.8 Å². The van der Waals surface area contributed by atoms with Crippen LogP contribution in [0.15, 0.2) is 36.4 Å². The lowest BCUT2D eigenvalue weighted by molar-refractivity contribution is -1.02. The lowest BCUT2D eigenvalue weighted by Crippen LogP contribution is -3.28. The summed E-state index contributed by atoms with van der Waals surface area (Å²) < 4.78 is 16.7. The predicted octanol–water partition coefficient (Wildman–Crippen LogP) is -0.245. The van der Waals surface area contributed by atoms with Crippen molar-refractivity contribution in [1.29, 1.82) is 0 Å². The number of ether oxygens (including phenoxy) is 3. The Morgan fingerprint density at radius 2 is 1.69 bits per heavy atom. The van der Waals surface area contributed by atoms with Gasteiger partial charge in [-0.05, 0) is 55.3 Å². The van der Waals surface area contributed by atoms with Crippen molar-refractivity contribution >= 4 is 0 Å². The van der Waals surface area contributed by atoms with Gasteiger partial charge in [-0.1, -0.05) is 6.07 Å². The molecule has 1 saturated heterocycles. The van der Waals surface area contributed by atoms with E-state index in [9.17, 15) is 5.11 Å². The van der Waals surface area contributed by atoms with Gasteiger partial charge < -0.3 is 29.1 Å². The standard InChI is InChI=1S/C23H30N2O4/c1-17-3-5-21(11-18(17)2)27-15-20(26)14-25-9-7-24(8-10-25)13-19-4-6-22-23(12-19)29-16-28-22/h3-6,11-12,20,26H,7-10,13-16H2,1-2H3/p+2/t20-/m1/s1. The molecule has 0 amide bonds. The monoisotopic (exact) mass is 400 g/mol. The molecule has 0 spiro atoms. The number of aryl methyl sites for hydroxylation is 2. The number of quaternary nitrogens is 2. The van der Waals surface area contributed by atoms with Crippen molar-refractivity contribution in [1.82, 2.24) is 0 Å². The van der Waals surface area contributed by atoms with Gasteiger partial charge in [0.2, 0.25) is 6.79 Å². The number of rotatable bonds is 7. The van der Waals surface area contributed by atoms with E-state index in [0.717, 1.165) is 56.5 Å². The van der Waals surface area contributed by atoms with Gasteiger partial charge in [0.25, 0.3) is 0 Å². The van der Waals surface area contributed by atoms with Gasteiger partial charge in [-0.25, -0.2) is 0 Å². The SMILES string of the molecule is Cc1ccc(OC[C@H](O)C[NH+]2CC[NH+](Cc3ccc4c(c3)OCO4)CC2)cc1C. The Morgan fingerprint density at radius 3 is 2.48 bits per heavy atom. The summed E-state index contributed by atoms with van der Waals surface area (Å²) in [4.78, 5) is 3.03. The van der Waals surface area contributed by atoms with Crippen molar-refractivity contribution in [2.24, 2.45) is 0 Å². The van der Waals surface area contributed by atoms with E-state index in [4.69, 9.17) is 14.2 Å². The Labute approximate surface area is 172 Å². The first-order valence-corrected chi connectivity index (χ1v) is 10.5. The molecule has 0 radical (unpaired) electrons. The second kappa shape index (κ2) is 9.03. The highest BCUT2D eigenvalue weighted by molar-refractivity contribution is 5.44. The number of aliphatic hydroxyl groups is 1.